The Morgan fingerprint density at radius 3 is 1.85 bits per heavy atom. The number of benzene rings is 3. The molecule has 2 fully saturated rings. The van der Waals surface area contributed by atoms with Crippen LogP contribution in [-0.4, -0.2) is 44.4 Å². The van der Waals surface area contributed by atoms with Crippen molar-refractivity contribution in [1.82, 2.24) is 0 Å². The van der Waals surface area contributed by atoms with Gasteiger partial charge in [0, 0.05) is 12.7 Å². The minimum Gasteiger partial charge on any atom is -0.368 e. The van der Waals surface area contributed by atoms with Gasteiger partial charge < -0.3 is 28.4 Å². The van der Waals surface area contributed by atoms with E-state index in [1.54, 1.807) is 7.11 Å². The van der Waals surface area contributed by atoms with Gasteiger partial charge in [0.25, 0.3) is 0 Å². The van der Waals surface area contributed by atoms with Crippen molar-refractivity contribution in [3.05, 3.63) is 108 Å². The zero-order valence-electron chi connectivity index (χ0n) is 19.2. The molecule has 3 aromatic rings. The van der Waals surface area contributed by atoms with Crippen LogP contribution in [0.15, 0.2) is 91.0 Å². The third-order valence-corrected chi connectivity index (χ3v) is 6.16. The van der Waals surface area contributed by atoms with Crippen LogP contribution in [0.1, 0.15) is 23.0 Å². The second kappa shape index (κ2) is 11.2. The molecule has 0 bridgehead atoms. The molecule has 3 aromatic carbocycles. The van der Waals surface area contributed by atoms with E-state index in [1.165, 1.54) is 0 Å². The highest BCUT2D eigenvalue weighted by Gasteiger charge is 2.51. The third-order valence-electron chi connectivity index (χ3n) is 6.16. The molecule has 0 aromatic heterocycles. The van der Waals surface area contributed by atoms with Crippen molar-refractivity contribution in [2.75, 3.05) is 13.7 Å². The highest BCUT2D eigenvalue weighted by Crippen LogP contribution is 2.37. The van der Waals surface area contributed by atoms with Gasteiger partial charge in [0.1, 0.15) is 24.4 Å². The second-order valence-corrected chi connectivity index (χ2v) is 8.48. The topological polar surface area (TPSA) is 55.4 Å². The minimum atomic E-state index is -0.605. The Morgan fingerprint density at radius 1 is 0.706 bits per heavy atom. The zero-order chi connectivity index (χ0) is 23.2. The van der Waals surface area contributed by atoms with Gasteiger partial charge in [-0.15, -0.1) is 0 Å². The molecule has 2 aliphatic heterocycles. The molecule has 6 nitrogen and oxygen atoms in total. The Balaban J connectivity index is 1.39. The summed E-state index contributed by atoms with van der Waals surface area (Å²) >= 11 is 0. The first-order valence-corrected chi connectivity index (χ1v) is 11.6. The SMILES string of the molecule is COC1OC2COC(c3ccccc3)OC2C(OCc2ccccc2)C1OCc1ccccc1. The molecule has 0 amide bonds. The monoisotopic (exact) mass is 462 g/mol. The van der Waals surface area contributed by atoms with E-state index in [2.05, 4.69) is 0 Å². The van der Waals surface area contributed by atoms with Crippen molar-refractivity contribution in [2.45, 2.75) is 50.2 Å². The first kappa shape index (κ1) is 23.2. The zero-order valence-corrected chi connectivity index (χ0v) is 19.2. The first-order valence-electron chi connectivity index (χ1n) is 11.6. The van der Waals surface area contributed by atoms with Crippen LogP contribution in [0, 0.1) is 0 Å². The fourth-order valence-corrected chi connectivity index (χ4v) is 4.42. The summed E-state index contributed by atoms with van der Waals surface area (Å²) in [6.07, 6.45) is -2.71. The molecule has 6 heteroatoms. The van der Waals surface area contributed by atoms with E-state index in [9.17, 15) is 0 Å². The van der Waals surface area contributed by atoms with Crippen LogP contribution in [-0.2, 0) is 41.6 Å². The van der Waals surface area contributed by atoms with E-state index < -0.39 is 24.8 Å². The molecular weight excluding hydrogens is 432 g/mol. The molecule has 2 aliphatic rings. The molecule has 178 valence electrons. The highest BCUT2D eigenvalue weighted by molar-refractivity contribution is 5.17. The van der Waals surface area contributed by atoms with E-state index in [1.807, 2.05) is 91.0 Å². The van der Waals surface area contributed by atoms with Crippen LogP contribution in [0.25, 0.3) is 0 Å². The van der Waals surface area contributed by atoms with Crippen LogP contribution in [0.4, 0.5) is 0 Å². The lowest BCUT2D eigenvalue weighted by Gasteiger charge is -2.48. The summed E-state index contributed by atoms with van der Waals surface area (Å²) in [4.78, 5) is 0. The van der Waals surface area contributed by atoms with E-state index in [-0.39, 0.29) is 12.2 Å². The van der Waals surface area contributed by atoms with E-state index in [4.69, 9.17) is 28.4 Å². The molecule has 2 saturated heterocycles. The second-order valence-electron chi connectivity index (χ2n) is 8.48. The van der Waals surface area contributed by atoms with Gasteiger partial charge in [-0.2, -0.15) is 0 Å². The van der Waals surface area contributed by atoms with Crippen molar-refractivity contribution < 1.29 is 28.4 Å². The standard InChI is InChI=1S/C28H30O6/c1-29-28-26(31-18-21-13-7-3-8-14-21)25(30-17-20-11-5-2-6-12-20)24-23(33-28)19-32-27(34-24)22-15-9-4-10-16-22/h2-16,23-28H,17-19H2,1H3. The molecule has 0 saturated carbocycles. The molecule has 0 N–H and O–H groups in total. The van der Waals surface area contributed by atoms with Crippen molar-refractivity contribution in [3.63, 3.8) is 0 Å². The number of hydrogen-bond acceptors (Lipinski definition) is 6. The summed E-state index contributed by atoms with van der Waals surface area (Å²) < 4.78 is 37.2. The van der Waals surface area contributed by atoms with Gasteiger partial charge in [-0.25, -0.2) is 0 Å². The van der Waals surface area contributed by atoms with Crippen LogP contribution in [0.2, 0.25) is 0 Å². The lowest BCUT2D eigenvalue weighted by molar-refractivity contribution is -0.369. The van der Waals surface area contributed by atoms with Crippen molar-refractivity contribution >= 4 is 0 Å². The van der Waals surface area contributed by atoms with Crippen LogP contribution >= 0.6 is 0 Å². The summed E-state index contributed by atoms with van der Waals surface area (Å²) in [5, 5.41) is 0. The van der Waals surface area contributed by atoms with Gasteiger partial charge >= 0.3 is 0 Å². The number of ether oxygens (including phenoxy) is 6. The fraction of sp³-hybridized carbons (Fsp3) is 0.357. The Kier molecular flexibility index (Phi) is 7.65. The Hall–Kier alpha value is -2.58. The van der Waals surface area contributed by atoms with Crippen LogP contribution < -0.4 is 0 Å². The summed E-state index contributed by atoms with van der Waals surface area (Å²) in [6, 6.07) is 30.0. The molecule has 0 radical (unpaired) electrons. The predicted octanol–water partition coefficient (Wildman–Crippen LogP) is 4.64. The van der Waals surface area contributed by atoms with E-state index in [0.29, 0.717) is 19.8 Å². The van der Waals surface area contributed by atoms with Crippen molar-refractivity contribution in [2.24, 2.45) is 0 Å². The summed E-state index contributed by atoms with van der Waals surface area (Å²) in [5.41, 5.74) is 3.10. The Labute approximate surface area is 200 Å². The average molecular weight is 463 g/mol. The van der Waals surface area contributed by atoms with Gasteiger partial charge in [-0.1, -0.05) is 91.0 Å². The quantitative estimate of drug-likeness (QED) is 0.486. The number of rotatable bonds is 8. The highest BCUT2D eigenvalue weighted by atomic mass is 16.8. The molecule has 5 rings (SSSR count). The molecule has 6 atom stereocenters. The van der Waals surface area contributed by atoms with E-state index in [0.717, 1.165) is 16.7 Å². The maximum atomic E-state index is 6.49. The van der Waals surface area contributed by atoms with Gasteiger partial charge in [-0.3, -0.25) is 0 Å². The Bertz CT molecular complexity index is 993. The minimum absolute atomic E-state index is 0.331. The fourth-order valence-electron chi connectivity index (χ4n) is 4.42. The van der Waals surface area contributed by atoms with E-state index >= 15 is 0 Å². The first-order chi connectivity index (χ1) is 16.8. The molecular formula is C28H30O6. The lowest BCUT2D eigenvalue weighted by Crippen LogP contribution is -2.63. The molecule has 6 unspecified atom stereocenters. The van der Waals surface area contributed by atoms with Crippen LogP contribution in [0.5, 0.6) is 0 Å². The van der Waals surface area contributed by atoms with Gasteiger partial charge in [0.2, 0.25) is 0 Å². The molecule has 2 heterocycles. The smallest absolute Gasteiger partial charge is 0.186 e. The summed E-state index contributed by atoms with van der Waals surface area (Å²) in [7, 11) is 1.62. The predicted molar refractivity (Wildman–Crippen MR) is 126 cm³/mol. The molecule has 0 aliphatic carbocycles. The summed E-state index contributed by atoms with van der Waals surface area (Å²) in [6.45, 7) is 1.22. The maximum Gasteiger partial charge on any atom is 0.186 e. The van der Waals surface area contributed by atoms with Gasteiger partial charge in [0.05, 0.1) is 19.8 Å². The Morgan fingerprint density at radius 2 is 1.26 bits per heavy atom. The number of hydrogen-bond donors (Lipinski definition) is 0. The van der Waals surface area contributed by atoms with Crippen LogP contribution in [0.3, 0.4) is 0 Å². The van der Waals surface area contributed by atoms with Gasteiger partial charge in [0.15, 0.2) is 12.6 Å². The average Bonchev–Trinajstić information content (AvgIpc) is 2.91. The lowest BCUT2D eigenvalue weighted by atomic mass is 9.97. The molecule has 0 spiro atoms. The van der Waals surface area contributed by atoms with Gasteiger partial charge in [-0.05, 0) is 11.1 Å². The molecule has 34 heavy (non-hydrogen) atoms. The van der Waals surface area contributed by atoms with Crippen molar-refractivity contribution in [1.29, 1.82) is 0 Å². The normalized spacial score (nSPS) is 28.9. The largest absolute Gasteiger partial charge is 0.368 e. The summed E-state index contributed by atoms with van der Waals surface area (Å²) in [5.74, 6) is 0. The van der Waals surface area contributed by atoms with Crippen molar-refractivity contribution in [3.8, 4) is 0 Å². The maximum absolute atomic E-state index is 6.49. The third kappa shape index (κ3) is 5.39. The number of fused-ring (bicyclic) bond motifs is 1. The number of methoxy groups -OCH3 is 1.